The van der Waals surface area contributed by atoms with Gasteiger partial charge in [-0.05, 0) is 33.8 Å². The summed E-state index contributed by atoms with van der Waals surface area (Å²) in [6, 6.07) is 1.67. The molecule has 4 nitrogen and oxygen atoms in total. The summed E-state index contributed by atoms with van der Waals surface area (Å²) in [5.41, 5.74) is -0.172. The van der Waals surface area contributed by atoms with Crippen molar-refractivity contribution in [2.24, 2.45) is 0 Å². The summed E-state index contributed by atoms with van der Waals surface area (Å²) in [6.07, 6.45) is 3.25. The first-order valence-electron chi connectivity index (χ1n) is 6.10. The van der Waals surface area contributed by atoms with E-state index in [4.69, 9.17) is 20.9 Å². The van der Waals surface area contributed by atoms with E-state index in [9.17, 15) is 5.11 Å². The molecule has 6 heteroatoms. The van der Waals surface area contributed by atoms with Gasteiger partial charge in [0.15, 0.2) is 10.9 Å². The van der Waals surface area contributed by atoms with Crippen LogP contribution in [-0.2, 0) is 9.31 Å². The molecule has 0 saturated carbocycles. The highest BCUT2D eigenvalue weighted by Crippen LogP contribution is 2.37. The topological polar surface area (TPSA) is 51.6 Å². The van der Waals surface area contributed by atoms with Crippen LogP contribution in [0.5, 0.6) is 5.75 Å². The zero-order valence-electron chi connectivity index (χ0n) is 11.5. The lowest BCUT2D eigenvalue weighted by Gasteiger charge is -2.32. The first-order chi connectivity index (χ1) is 8.73. The Balaban J connectivity index is 2.15. The Hall–Kier alpha value is -1.04. The second kappa shape index (κ2) is 4.82. The monoisotopic (exact) mass is 281 g/mol. The number of hydrogen-bond donors (Lipinski definition) is 1. The van der Waals surface area contributed by atoms with Gasteiger partial charge in [-0.3, -0.25) is 0 Å². The van der Waals surface area contributed by atoms with Crippen LogP contribution >= 0.6 is 11.6 Å². The van der Waals surface area contributed by atoms with Crippen molar-refractivity contribution in [3.63, 3.8) is 0 Å². The molecule has 0 radical (unpaired) electrons. The van der Waals surface area contributed by atoms with Crippen LogP contribution in [0.2, 0.25) is 5.15 Å². The van der Waals surface area contributed by atoms with E-state index in [1.54, 1.807) is 18.1 Å². The molecule has 0 bridgehead atoms. The number of aromatic hydroxyl groups is 1. The van der Waals surface area contributed by atoms with Gasteiger partial charge in [-0.1, -0.05) is 23.7 Å². The highest BCUT2D eigenvalue weighted by atomic mass is 35.5. The molecule has 0 unspecified atom stereocenters. The van der Waals surface area contributed by atoms with Crippen molar-refractivity contribution in [3.05, 3.63) is 29.0 Å². The molecule has 0 aliphatic carbocycles. The van der Waals surface area contributed by atoms with Crippen molar-refractivity contribution in [2.75, 3.05) is 0 Å². The maximum absolute atomic E-state index is 9.75. The molecular formula is C13H17BClNO3. The summed E-state index contributed by atoms with van der Waals surface area (Å²) in [6.45, 7) is 7.95. The van der Waals surface area contributed by atoms with Gasteiger partial charge in [0.1, 0.15) is 0 Å². The molecule has 19 heavy (non-hydrogen) atoms. The third-order valence-electron chi connectivity index (χ3n) is 3.62. The van der Waals surface area contributed by atoms with Crippen molar-refractivity contribution >= 4 is 24.8 Å². The maximum Gasteiger partial charge on any atom is 0.487 e. The second-order valence-electron chi connectivity index (χ2n) is 5.52. The van der Waals surface area contributed by atoms with Gasteiger partial charge in [-0.15, -0.1) is 0 Å². The molecule has 1 aliphatic rings. The fourth-order valence-electron chi connectivity index (χ4n) is 1.73. The maximum atomic E-state index is 9.75. The van der Waals surface area contributed by atoms with Crippen molar-refractivity contribution in [2.45, 2.75) is 38.9 Å². The number of hydrogen-bond acceptors (Lipinski definition) is 4. The number of rotatable bonds is 2. The Labute approximate surface area is 118 Å². The SMILES string of the molecule is CC1(C)OB(/C=C/c2ccnc(Cl)c2O)OC1(C)C. The lowest BCUT2D eigenvalue weighted by Crippen LogP contribution is -2.41. The molecule has 1 aliphatic heterocycles. The molecular weight excluding hydrogens is 264 g/mol. The normalized spacial score (nSPS) is 21.2. The third-order valence-corrected chi connectivity index (χ3v) is 3.89. The molecule has 0 amide bonds. The summed E-state index contributed by atoms with van der Waals surface area (Å²) >= 11 is 5.74. The Kier molecular flexibility index (Phi) is 3.64. The zero-order valence-corrected chi connectivity index (χ0v) is 12.2. The van der Waals surface area contributed by atoms with E-state index in [-0.39, 0.29) is 22.1 Å². The van der Waals surface area contributed by atoms with E-state index >= 15 is 0 Å². The Bertz CT molecular complexity index is 501. The number of pyridine rings is 1. The van der Waals surface area contributed by atoms with E-state index in [1.807, 2.05) is 27.7 Å². The van der Waals surface area contributed by atoms with Gasteiger partial charge >= 0.3 is 7.12 Å². The minimum Gasteiger partial charge on any atom is -0.504 e. The first-order valence-corrected chi connectivity index (χ1v) is 6.48. The molecule has 1 aromatic heterocycles. The predicted octanol–water partition coefficient (Wildman–Crippen LogP) is 3.09. The summed E-state index contributed by atoms with van der Waals surface area (Å²) in [4.78, 5) is 3.78. The fourth-order valence-corrected chi connectivity index (χ4v) is 1.89. The first kappa shape index (κ1) is 14.4. The molecule has 1 aromatic rings. The Morgan fingerprint density at radius 2 is 1.84 bits per heavy atom. The van der Waals surface area contributed by atoms with E-state index in [2.05, 4.69) is 4.98 Å². The van der Waals surface area contributed by atoms with Crippen LogP contribution in [-0.4, -0.2) is 28.4 Å². The predicted molar refractivity (Wildman–Crippen MR) is 76.0 cm³/mol. The van der Waals surface area contributed by atoms with Gasteiger partial charge in [0, 0.05) is 11.8 Å². The van der Waals surface area contributed by atoms with Gasteiger partial charge in [-0.2, -0.15) is 0 Å². The summed E-state index contributed by atoms with van der Waals surface area (Å²) in [5.74, 6) is 1.71. The van der Waals surface area contributed by atoms with Gasteiger partial charge in [0.2, 0.25) is 0 Å². The van der Waals surface area contributed by atoms with E-state index in [0.29, 0.717) is 5.56 Å². The van der Waals surface area contributed by atoms with Crippen LogP contribution in [0.25, 0.3) is 6.08 Å². The lowest BCUT2D eigenvalue weighted by atomic mass is 9.89. The van der Waals surface area contributed by atoms with Crippen LogP contribution in [0.15, 0.2) is 18.2 Å². The van der Waals surface area contributed by atoms with Crippen LogP contribution < -0.4 is 0 Å². The third kappa shape index (κ3) is 2.78. The Morgan fingerprint density at radius 1 is 1.26 bits per heavy atom. The molecule has 0 aromatic carbocycles. The molecule has 2 rings (SSSR count). The Morgan fingerprint density at radius 3 is 2.42 bits per heavy atom. The van der Waals surface area contributed by atoms with E-state index < -0.39 is 7.12 Å². The summed E-state index contributed by atoms with van der Waals surface area (Å²) < 4.78 is 11.6. The van der Waals surface area contributed by atoms with Crippen LogP contribution in [0, 0.1) is 0 Å². The zero-order chi connectivity index (χ0) is 14.3. The average Bonchev–Trinajstić information content (AvgIpc) is 2.50. The van der Waals surface area contributed by atoms with Gasteiger partial charge < -0.3 is 14.4 Å². The quantitative estimate of drug-likeness (QED) is 0.668. The molecule has 0 spiro atoms. The van der Waals surface area contributed by atoms with Crippen molar-refractivity contribution < 1.29 is 14.4 Å². The van der Waals surface area contributed by atoms with Crippen molar-refractivity contribution in [3.8, 4) is 5.75 Å². The van der Waals surface area contributed by atoms with Crippen LogP contribution in [0.4, 0.5) is 0 Å². The average molecular weight is 282 g/mol. The molecule has 1 N–H and O–H groups in total. The second-order valence-corrected chi connectivity index (χ2v) is 5.88. The summed E-state index contributed by atoms with van der Waals surface area (Å²) in [7, 11) is -0.448. The number of halogens is 1. The minimum absolute atomic E-state index is 0.0445. The minimum atomic E-state index is -0.448. The van der Waals surface area contributed by atoms with E-state index in [0.717, 1.165) is 0 Å². The van der Waals surface area contributed by atoms with Crippen LogP contribution in [0.1, 0.15) is 33.3 Å². The fraction of sp³-hybridized carbons (Fsp3) is 0.462. The van der Waals surface area contributed by atoms with E-state index in [1.165, 1.54) is 6.20 Å². The number of nitrogens with zero attached hydrogens (tertiary/aromatic N) is 1. The van der Waals surface area contributed by atoms with Gasteiger partial charge in [-0.25, -0.2) is 4.98 Å². The molecule has 1 fully saturated rings. The highest BCUT2D eigenvalue weighted by molar-refractivity contribution is 6.52. The molecule has 0 atom stereocenters. The van der Waals surface area contributed by atoms with Gasteiger partial charge in [0.25, 0.3) is 0 Å². The van der Waals surface area contributed by atoms with Crippen LogP contribution in [0.3, 0.4) is 0 Å². The van der Waals surface area contributed by atoms with Crippen molar-refractivity contribution in [1.82, 2.24) is 4.98 Å². The molecule has 2 heterocycles. The molecule has 102 valence electrons. The number of aromatic nitrogens is 1. The molecule has 1 saturated heterocycles. The van der Waals surface area contributed by atoms with Gasteiger partial charge in [0.05, 0.1) is 11.2 Å². The highest BCUT2D eigenvalue weighted by Gasteiger charge is 2.49. The smallest absolute Gasteiger partial charge is 0.487 e. The van der Waals surface area contributed by atoms with Crippen molar-refractivity contribution in [1.29, 1.82) is 0 Å². The summed E-state index contributed by atoms with van der Waals surface area (Å²) in [5, 5.41) is 9.83. The largest absolute Gasteiger partial charge is 0.504 e. The lowest BCUT2D eigenvalue weighted by molar-refractivity contribution is 0.00578. The standard InChI is InChI=1S/C13H17BClNO3/c1-12(2)13(3,4)19-14(18-12)7-5-9-6-8-16-11(15)10(9)17/h5-8,17H,1-4H3/b7-5+.